The molecular formula is C22H24N4O. The van der Waals surface area contributed by atoms with E-state index in [9.17, 15) is 10.1 Å². The van der Waals surface area contributed by atoms with Crippen LogP contribution in [0.2, 0.25) is 0 Å². The summed E-state index contributed by atoms with van der Waals surface area (Å²) in [5, 5.41) is 9.41. The number of benzene rings is 1. The largest absolute Gasteiger partial charge is 0.355 e. The Morgan fingerprint density at radius 3 is 2.52 bits per heavy atom. The van der Waals surface area contributed by atoms with Crippen molar-refractivity contribution < 1.29 is 4.79 Å². The molecule has 138 valence electrons. The maximum absolute atomic E-state index is 12.9. The van der Waals surface area contributed by atoms with Crippen molar-refractivity contribution in [1.82, 2.24) is 9.88 Å². The van der Waals surface area contributed by atoms with Crippen LogP contribution in [0.3, 0.4) is 0 Å². The molecule has 4 rings (SSSR count). The predicted octanol–water partition coefficient (Wildman–Crippen LogP) is 3.25. The molecular weight excluding hydrogens is 336 g/mol. The van der Waals surface area contributed by atoms with Crippen molar-refractivity contribution in [2.45, 2.75) is 37.6 Å². The molecule has 5 nitrogen and oxygen atoms in total. The maximum atomic E-state index is 12.9. The van der Waals surface area contributed by atoms with Crippen LogP contribution in [-0.4, -0.2) is 41.5 Å². The Hall–Kier alpha value is -2.87. The average Bonchev–Trinajstić information content (AvgIpc) is 2.94. The van der Waals surface area contributed by atoms with Gasteiger partial charge < -0.3 is 9.80 Å². The van der Waals surface area contributed by atoms with Crippen LogP contribution in [-0.2, 0) is 4.79 Å². The van der Waals surface area contributed by atoms with Crippen molar-refractivity contribution in [2.75, 3.05) is 25.0 Å². The monoisotopic (exact) mass is 360 g/mol. The summed E-state index contributed by atoms with van der Waals surface area (Å²) in [5.74, 6) is 0.953. The van der Waals surface area contributed by atoms with E-state index in [0.717, 1.165) is 49.4 Å². The van der Waals surface area contributed by atoms with Gasteiger partial charge in [0, 0.05) is 31.4 Å². The van der Waals surface area contributed by atoms with Gasteiger partial charge in [0.1, 0.15) is 11.9 Å². The van der Waals surface area contributed by atoms with Crippen LogP contribution >= 0.6 is 0 Å². The van der Waals surface area contributed by atoms with E-state index in [1.54, 1.807) is 0 Å². The highest BCUT2D eigenvalue weighted by Crippen LogP contribution is 2.45. The number of hydrogen-bond acceptors (Lipinski definition) is 4. The molecule has 3 heterocycles. The Kier molecular flexibility index (Phi) is 4.35. The fourth-order valence-corrected chi connectivity index (χ4v) is 4.56. The van der Waals surface area contributed by atoms with E-state index in [2.05, 4.69) is 28.1 Å². The zero-order valence-electron chi connectivity index (χ0n) is 15.9. The molecule has 1 amide bonds. The van der Waals surface area contributed by atoms with Crippen molar-refractivity contribution in [1.29, 1.82) is 5.26 Å². The first kappa shape index (κ1) is 17.5. The average molecular weight is 360 g/mol. The number of piperidine rings is 1. The normalized spacial score (nSPS) is 21.5. The number of nitriles is 1. The van der Waals surface area contributed by atoms with Crippen LogP contribution in [0.5, 0.6) is 0 Å². The third-order valence-electron chi connectivity index (χ3n) is 6.25. The number of anilines is 1. The summed E-state index contributed by atoms with van der Waals surface area (Å²) in [5.41, 5.74) is 2.56. The molecule has 27 heavy (non-hydrogen) atoms. The molecule has 0 N–H and O–H groups in total. The number of pyridine rings is 1. The second kappa shape index (κ2) is 6.70. The van der Waals surface area contributed by atoms with Gasteiger partial charge in [0.25, 0.3) is 0 Å². The highest BCUT2D eigenvalue weighted by Gasteiger charge is 2.50. The third kappa shape index (κ3) is 2.95. The summed E-state index contributed by atoms with van der Waals surface area (Å²) < 4.78 is 0. The van der Waals surface area contributed by atoms with Crippen LogP contribution < -0.4 is 4.90 Å². The van der Waals surface area contributed by atoms with E-state index in [0.29, 0.717) is 5.56 Å². The number of likely N-dealkylation sites (tertiary alicyclic amines) is 1. The summed E-state index contributed by atoms with van der Waals surface area (Å²) in [7, 11) is 1.95. The van der Waals surface area contributed by atoms with Gasteiger partial charge in [-0.3, -0.25) is 4.79 Å². The molecule has 2 aliphatic heterocycles. The van der Waals surface area contributed by atoms with Gasteiger partial charge in [0.05, 0.1) is 11.5 Å². The Balaban J connectivity index is 1.54. The summed E-state index contributed by atoms with van der Waals surface area (Å²) >= 11 is 0. The molecule has 1 spiro atoms. The first-order valence-electron chi connectivity index (χ1n) is 9.49. The molecule has 2 fully saturated rings. The number of nitrogens with zero attached hydrogens (tertiary/aromatic N) is 4. The van der Waals surface area contributed by atoms with Crippen molar-refractivity contribution in [2.24, 2.45) is 0 Å². The lowest BCUT2D eigenvalue weighted by Gasteiger charge is -2.44. The second-order valence-corrected chi connectivity index (χ2v) is 7.71. The number of aryl methyl sites for hydroxylation is 1. The summed E-state index contributed by atoms with van der Waals surface area (Å²) in [6.07, 6.45) is 2.67. The van der Waals surface area contributed by atoms with Crippen LogP contribution in [0, 0.1) is 18.3 Å². The number of aromatic nitrogens is 1. The Bertz CT molecular complexity index is 894. The third-order valence-corrected chi connectivity index (χ3v) is 6.25. The number of carbonyl (C=O) groups is 1. The first-order chi connectivity index (χ1) is 13.0. The zero-order chi connectivity index (χ0) is 19.0. The van der Waals surface area contributed by atoms with Gasteiger partial charge in [-0.25, -0.2) is 4.98 Å². The van der Waals surface area contributed by atoms with Crippen molar-refractivity contribution in [3.8, 4) is 6.07 Å². The predicted molar refractivity (Wildman–Crippen MR) is 104 cm³/mol. The van der Waals surface area contributed by atoms with Gasteiger partial charge in [-0.15, -0.1) is 0 Å². The van der Waals surface area contributed by atoms with E-state index in [4.69, 9.17) is 0 Å². The van der Waals surface area contributed by atoms with E-state index >= 15 is 0 Å². The fraction of sp³-hybridized carbons (Fsp3) is 0.409. The lowest BCUT2D eigenvalue weighted by atomic mass is 9.81. The minimum Gasteiger partial charge on any atom is -0.355 e. The highest BCUT2D eigenvalue weighted by molar-refractivity contribution is 5.87. The number of amides is 1. The molecule has 2 aliphatic rings. The van der Waals surface area contributed by atoms with E-state index in [1.165, 1.54) is 0 Å². The topological polar surface area (TPSA) is 60.2 Å². The first-order valence-corrected chi connectivity index (χ1v) is 9.49. The molecule has 2 aromatic rings. The Labute approximate surface area is 160 Å². The SMILES string of the molecule is Cc1ccc(C#N)c(N2CCC3(CC2)C[C@H](c2ccccc2)C(=O)N3C)n1. The van der Waals surface area contributed by atoms with Gasteiger partial charge in [-0.1, -0.05) is 30.3 Å². The van der Waals surface area contributed by atoms with Crippen LogP contribution in [0.25, 0.3) is 0 Å². The van der Waals surface area contributed by atoms with Crippen LogP contribution in [0.15, 0.2) is 42.5 Å². The van der Waals surface area contributed by atoms with E-state index in [1.807, 2.05) is 49.2 Å². The molecule has 5 heteroatoms. The van der Waals surface area contributed by atoms with Gasteiger partial charge in [0.2, 0.25) is 5.91 Å². The van der Waals surface area contributed by atoms with Crippen molar-refractivity contribution in [3.63, 3.8) is 0 Å². The quantitative estimate of drug-likeness (QED) is 0.825. The van der Waals surface area contributed by atoms with E-state index in [-0.39, 0.29) is 17.4 Å². The maximum Gasteiger partial charge on any atom is 0.230 e. The molecule has 2 saturated heterocycles. The van der Waals surface area contributed by atoms with Gasteiger partial charge >= 0.3 is 0 Å². The highest BCUT2D eigenvalue weighted by atomic mass is 16.2. The van der Waals surface area contributed by atoms with Crippen molar-refractivity contribution in [3.05, 3.63) is 59.3 Å². The fourth-order valence-electron chi connectivity index (χ4n) is 4.56. The number of rotatable bonds is 2. The number of carbonyl (C=O) groups excluding carboxylic acids is 1. The molecule has 0 saturated carbocycles. The van der Waals surface area contributed by atoms with E-state index < -0.39 is 0 Å². The molecule has 0 aliphatic carbocycles. The Morgan fingerprint density at radius 1 is 1.15 bits per heavy atom. The standard InChI is InChI=1S/C22H24N4O/c1-16-8-9-18(15-23)20(24-16)26-12-10-22(11-13-26)14-19(21(27)25(22)2)17-6-4-3-5-7-17/h3-9,19H,10-14H2,1-2H3/t19-/m1/s1. The summed E-state index contributed by atoms with van der Waals surface area (Å²) in [6, 6.07) is 16.1. The molecule has 0 unspecified atom stereocenters. The lowest BCUT2D eigenvalue weighted by molar-refractivity contribution is -0.131. The van der Waals surface area contributed by atoms with Gasteiger partial charge in [-0.05, 0) is 43.9 Å². The smallest absolute Gasteiger partial charge is 0.230 e. The summed E-state index contributed by atoms with van der Waals surface area (Å²) in [6.45, 7) is 3.57. The zero-order valence-corrected chi connectivity index (χ0v) is 15.9. The summed E-state index contributed by atoms with van der Waals surface area (Å²) in [4.78, 5) is 21.7. The lowest BCUT2D eigenvalue weighted by Crippen LogP contribution is -2.52. The number of likely N-dealkylation sites (N-methyl/N-ethyl adjacent to an activating group) is 1. The molecule has 1 atom stereocenters. The minimum absolute atomic E-state index is 0.0467. The Morgan fingerprint density at radius 2 is 1.85 bits per heavy atom. The number of hydrogen-bond donors (Lipinski definition) is 0. The second-order valence-electron chi connectivity index (χ2n) is 7.71. The molecule has 1 aromatic carbocycles. The molecule has 0 radical (unpaired) electrons. The van der Waals surface area contributed by atoms with Gasteiger partial charge in [0.15, 0.2) is 0 Å². The van der Waals surface area contributed by atoms with Crippen LogP contribution in [0.1, 0.15) is 42.0 Å². The molecule has 1 aromatic heterocycles. The van der Waals surface area contributed by atoms with Gasteiger partial charge in [-0.2, -0.15) is 5.26 Å². The minimum atomic E-state index is -0.0925. The van der Waals surface area contributed by atoms with Crippen molar-refractivity contribution >= 4 is 11.7 Å². The molecule has 0 bridgehead atoms. The van der Waals surface area contributed by atoms with Crippen LogP contribution in [0.4, 0.5) is 5.82 Å².